The van der Waals surface area contributed by atoms with Crippen LogP contribution in [-0.2, 0) is 0 Å². The lowest BCUT2D eigenvalue weighted by Gasteiger charge is -2.20. The van der Waals surface area contributed by atoms with Crippen molar-refractivity contribution in [1.29, 1.82) is 0 Å². The van der Waals surface area contributed by atoms with Crippen LogP contribution < -0.4 is 0 Å². The molecule has 0 unspecified atom stereocenters. The molecule has 1 N–H and O–H groups in total. The predicted octanol–water partition coefficient (Wildman–Crippen LogP) is 1.03. The van der Waals surface area contributed by atoms with Crippen molar-refractivity contribution in [2.75, 3.05) is 13.6 Å². The van der Waals surface area contributed by atoms with Gasteiger partial charge in [0.1, 0.15) is 6.17 Å². The van der Waals surface area contributed by atoms with Gasteiger partial charge in [-0.2, -0.15) is 0 Å². The molecule has 3 atom stereocenters. The molecular formula is C7H15FINO. The topological polar surface area (TPSA) is 23.5 Å². The predicted molar refractivity (Wildman–Crippen MR) is 53.0 cm³/mol. The Morgan fingerprint density at radius 3 is 2.36 bits per heavy atom. The van der Waals surface area contributed by atoms with E-state index >= 15 is 0 Å². The summed E-state index contributed by atoms with van der Waals surface area (Å²) >= 11 is 0. The summed E-state index contributed by atoms with van der Waals surface area (Å²) in [4.78, 5) is 1.87. The molecule has 68 valence electrons. The third-order valence-corrected chi connectivity index (χ3v) is 2.11. The Kier molecular flexibility index (Phi) is 4.81. The van der Waals surface area contributed by atoms with E-state index in [-0.39, 0.29) is 30.0 Å². The van der Waals surface area contributed by atoms with Gasteiger partial charge in [0, 0.05) is 12.6 Å². The zero-order valence-electron chi connectivity index (χ0n) is 6.83. The second-order valence-corrected chi connectivity index (χ2v) is 3.08. The Labute approximate surface area is 83.8 Å². The third-order valence-electron chi connectivity index (χ3n) is 2.11. The van der Waals surface area contributed by atoms with Crippen LogP contribution in [0.3, 0.4) is 0 Å². The van der Waals surface area contributed by atoms with Crippen molar-refractivity contribution in [3.05, 3.63) is 0 Å². The van der Waals surface area contributed by atoms with Gasteiger partial charge in [0.25, 0.3) is 0 Å². The first-order valence-corrected chi connectivity index (χ1v) is 3.63. The molecule has 1 fully saturated rings. The van der Waals surface area contributed by atoms with Gasteiger partial charge in [-0.1, -0.05) is 0 Å². The number of hydrogen-bond acceptors (Lipinski definition) is 2. The van der Waals surface area contributed by atoms with Crippen LogP contribution in [0, 0.1) is 0 Å². The summed E-state index contributed by atoms with van der Waals surface area (Å²) in [7, 11) is 1.84. The van der Waals surface area contributed by atoms with Crippen molar-refractivity contribution in [1.82, 2.24) is 4.90 Å². The van der Waals surface area contributed by atoms with Gasteiger partial charge in [0.05, 0.1) is 6.10 Å². The molecule has 1 saturated heterocycles. The van der Waals surface area contributed by atoms with Crippen molar-refractivity contribution in [3.8, 4) is 0 Å². The summed E-state index contributed by atoms with van der Waals surface area (Å²) in [5.41, 5.74) is 0. The molecule has 1 aliphatic heterocycles. The molecule has 0 aromatic rings. The van der Waals surface area contributed by atoms with Gasteiger partial charge in [-0.05, 0) is 20.4 Å². The molecule has 1 heterocycles. The average molecular weight is 275 g/mol. The lowest BCUT2D eigenvalue weighted by molar-refractivity contribution is 0.101. The quantitative estimate of drug-likeness (QED) is 0.722. The fourth-order valence-electron chi connectivity index (χ4n) is 1.53. The maximum Gasteiger partial charge on any atom is 0.114 e. The minimum Gasteiger partial charge on any atom is -0.392 e. The number of likely N-dealkylation sites (N-methyl/N-ethyl adjacent to an activating group) is 1. The van der Waals surface area contributed by atoms with Crippen LogP contribution in [0.2, 0.25) is 0 Å². The van der Waals surface area contributed by atoms with Crippen LogP contribution in [0.4, 0.5) is 4.39 Å². The highest BCUT2D eigenvalue weighted by atomic mass is 127. The Morgan fingerprint density at radius 1 is 1.64 bits per heavy atom. The number of halogens is 2. The maximum absolute atomic E-state index is 12.6. The lowest BCUT2D eigenvalue weighted by atomic mass is 10.1. The van der Waals surface area contributed by atoms with E-state index in [9.17, 15) is 4.39 Å². The van der Waals surface area contributed by atoms with Gasteiger partial charge in [-0.25, -0.2) is 4.39 Å². The summed E-state index contributed by atoms with van der Waals surface area (Å²) in [6.45, 7) is 2.18. The standard InChI is InChI=1S/C7H14FNO.HI/c1-5(10)7-3-6(8)4-9(7)2;/h5-7,10H,3-4H2,1-2H3;1H/t5-,6+,7-;/m0./s1. The molecule has 0 aromatic heterocycles. The number of likely N-dealkylation sites (tertiary alicyclic amines) is 1. The Hall–Kier alpha value is 0.580. The van der Waals surface area contributed by atoms with Crippen LogP contribution in [0.5, 0.6) is 0 Å². The minimum absolute atomic E-state index is 0. The SMILES string of the molecule is C[C@H](O)[C@@H]1C[C@@H](F)CN1C.I. The maximum atomic E-state index is 12.6. The van der Waals surface area contributed by atoms with E-state index in [2.05, 4.69) is 0 Å². The van der Waals surface area contributed by atoms with Gasteiger partial charge >= 0.3 is 0 Å². The average Bonchev–Trinajstić information content (AvgIpc) is 2.10. The Bertz CT molecular complexity index is 123. The van der Waals surface area contributed by atoms with Gasteiger partial charge in [-0.15, -0.1) is 24.0 Å². The van der Waals surface area contributed by atoms with Crippen molar-refractivity contribution in [2.45, 2.75) is 31.7 Å². The second kappa shape index (κ2) is 4.57. The second-order valence-electron chi connectivity index (χ2n) is 3.08. The molecule has 4 heteroatoms. The summed E-state index contributed by atoms with van der Waals surface area (Å²) in [5.74, 6) is 0. The minimum atomic E-state index is -0.746. The summed E-state index contributed by atoms with van der Waals surface area (Å²) in [6.07, 6.45) is -0.677. The molecule has 0 aliphatic carbocycles. The number of rotatable bonds is 1. The van der Waals surface area contributed by atoms with E-state index in [1.165, 1.54) is 0 Å². The molecule has 2 nitrogen and oxygen atoms in total. The van der Waals surface area contributed by atoms with Crippen LogP contribution >= 0.6 is 24.0 Å². The zero-order valence-corrected chi connectivity index (χ0v) is 9.16. The van der Waals surface area contributed by atoms with E-state index in [0.29, 0.717) is 13.0 Å². The van der Waals surface area contributed by atoms with E-state index in [1.807, 2.05) is 11.9 Å². The molecule has 11 heavy (non-hydrogen) atoms. The number of nitrogens with zero attached hydrogens (tertiary/aromatic N) is 1. The molecule has 0 saturated carbocycles. The van der Waals surface area contributed by atoms with Crippen molar-refractivity contribution >= 4 is 24.0 Å². The molecule has 0 amide bonds. The van der Waals surface area contributed by atoms with E-state index in [1.54, 1.807) is 6.92 Å². The first-order chi connectivity index (χ1) is 4.61. The van der Waals surface area contributed by atoms with Gasteiger partial charge in [0.2, 0.25) is 0 Å². The smallest absolute Gasteiger partial charge is 0.114 e. The number of aliphatic hydroxyl groups excluding tert-OH is 1. The summed E-state index contributed by atoms with van der Waals surface area (Å²) in [6, 6.07) is 0.0231. The summed E-state index contributed by atoms with van der Waals surface area (Å²) in [5, 5.41) is 9.13. The molecule has 0 spiro atoms. The molecule has 0 bridgehead atoms. The lowest BCUT2D eigenvalue weighted by Crippen LogP contribution is -2.34. The number of aliphatic hydroxyl groups is 1. The Morgan fingerprint density at radius 2 is 2.18 bits per heavy atom. The van der Waals surface area contributed by atoms with E-state index in [4.69, 9.17) is 5.11 Å². The first-order valence-electron chi connectivity index (χ1n) is 3.63. The Balaban J connectivity index is 0.000001000. The number of alkyl halides is 1. The van der Waals surface area contributed by atoms with Gasteiger partial charge in [-0.3, -0.25) is 4.90 Å². The fourth-order valence-corrected chi connectivity index (χ4v) is 1.53. The highest BCUT2D eigenvalue weighted by Gasteiger charge is 2.31. The monoisotopic (exact) mass is 275 g/mol. The van der Waals surface area contributed by atoms with Crippen LogP contribution in [0.1, 0.15) is 13.3 Å². The van der Waals surface area contributed by atoms with Gasteiger partial charge in [0.15, 0.2) is 0 Å². The van der Waals surface area contributed by atoms with Crippen molar-refractivity contribution in [2.24, 2.45) is 0 Å². The van der Waals surface area contributed by atoms with Crippen LogP contribution in [0.15, 0.2) is 0 Å². The molecular weight excluding hydrogens is 260 g/mol. The van der Waals surface area contributed by atoms with E-state index in [0.717, 1.165) is 0 Å². The highest BCUT2D eigenvalue weighted by Crippen LogP contribution is 2.20. The summed E-state index contributed by atoms with van der Waals surface area (Å²) < 4.78 is 12.6. The van der Waals surface area contributed by atoms with Gasteiger partial charge < -0.3 is 5.11 Å². The third kappa shape index (κ3) is 2.83. The zero-order chi connectivity index (χ0) is 7.72. The largest absolute Gasteiger partial charge is 0.392 e. The molecule has 1 rings (SSSR count). The normalized spacial score (nSPS) is 34.9. The number of hydrogen-bond donors (Lipinski definition) is 1. The molecule has 1 aliphatic rings. The first kappa shape index (κ1) is 11.6. The van der Waals surface area contributed by atoms with Crippen LogP contribution in [0.25, 0.3) is 0 Å². The van der Waals surface area contributed by atoms with Crippen molar-refractivity contribution < 1.29 is 9.50 Å². The fraction of sp³-hybridized carbons (Fsp3) is 1.00. The molecule has 0 radical (unpaired) electrons. The van der Waals surface area contributed by atoms with Crippen LogP contribution in [-0.4, -0.2) is 41.9 Å². The van der Waals surface area contributed by atoms with E-state index < -0.39 is 12.3 Å². The highest BCUT2D eigenvalue weighted by molar-refractivity contribution is 14.0. The molecule has 0 aromatic carbocycles. The van der Waals surface area contributed by atoms with Crippen molar-refractivity contribution in [3.63, 3.8) is 0 Å².